The second-order valence-electron chi connectivity index (χ2n) is 18.1. The van der Waals surface area contributed by atoms with Crippen LogP contribution in [0.25, 0.3) is 49.7 Å². The van der Waals surface area contributed by atoms with Gasteiger partial charge in [0.15, 0.2) is 0 Å². The Kier molecular flexibility index (Phi) is 8.65. The van der Waals surface area contributed by atoms with E-state index in [4.69, 9.17) is 0 Å². The molecule has 64 heavy (non-hydrogen) atoms. The van der Waals surface area contributed by atoms with Crippen LogP contribution in [0.4, 0.5) is 34.1 Å². The molecule has 3 heterocycles. The Morgan fingerprint density at radius 3 is 1.17 bits per heavy atom. The van der Waals surface area contributed by atoms with Gasteiger partial charge in [-0.2, -0.15) is 0 Å². The molecule has 9 aromatic carbocycles. The number of hydrogen-bond donors (Lipinski definition) is 0. The Hall–Kier alpha value is -7.56. The number of aromatic nitrogens is 1. The number of fused-ring (bicyclic) bond motifs is 7. The third kappa shape index (κ3) is 5.61. The lowest BCUT2D eigenvalue weighted by Gasteiger charge is -2.45. The Bertz CT molecular complexity index is 3250. The third-order valence-electron chi connectivity index (χ3n) is 13.8. The van der Waals surface area contributed by atoms with E-state index in [1.807, 2.05) is 0 Å². The monoisotopic (exact) mass is 821 g/mol. The predicted octanol–water partition coefficient (Wildman–Crippen LogP) is 14.1. The molecule has 0 amide bonds. The van der Waals surface area contributed by atoms with Crippen molar-refractivity contribution in [2.45, 2.75) is 41.5 Å². The van der Waals surface area contributed by atoms with Gasteiger partial charge in [0.05, 0.1) is 28.1 Å². The van der Waals surface area contributed by atoms with Gasteiger partial charge < -0.3 is 14.4 Å². The Balaban J connectivity index is 1.30. The summed E-state index contributed by atoms with van der Waals surface area (Å²) in [5.41, 5.74) is 27.2. The average molecular weight is 822 g/mol. The smallest absolute Gasteiger partial charge is 0.252 e. The van der Waals surface area contributed by atoms with E-state index in [1.54, 1.807) is 0 Å². The topological polar surface area (TPSA) is 11.4 Å². The van der Waals surface area contributed by atoms with Crippen LogP contribution in [0.2, 0.25) is 0 Å². The Labute approximate surface area is 376 Å². The molecule has 0 N–H and O–H groups in total. The zero-order valence-electron chi connectivity index (χ0n) is 37.2. The van der Waals surface area contributed by atoms with Crippen molar-refractivity contribution < 1.29 is 0 Å². The van der Waals surface area contributed by atoms with Crippen molar-refractivity contribution in [3.63, 3.8) is 0 Å². The minimum absolute atomic E-state index is 0.0222. The zero-order valence-corrected chi connectivity index (χ0v) is 37.2. The van der Waals surface area contributed by atoms with Gasteiger partial charge in [0.2, 0.25) is 0 Å². The summed E-state index contributed by atoms with van der Waals surface area (Å²) in [5.74, 6) is 0. The zero-order chi connectivity index (χ0) is 43.4. The van der Waals surface area contributed by atoms with Crippen LogP contribution in [0, 0.1) is 41.5 Å². The van der Waals surface area contributed by atoms with Gasteiger partial charge in [0, 0.05) is 44.6 Å². The normalized spacial score (nSPS) is 12.8. The fourth-order valence-electron chi connectivity index (χ4n) is 11.6. The molecular formula is C60H48BN3. The summed E-state index contributed by atoms with van der Waals surface area (Å²) in [6.45, 7) is 13.6. The van der Waals surface area contributed by atoms with Crippen LogP contribution in [0.15, 0.2) is 182 Å². The van der Waals surface area contributed by atoms with E-state index in [2.05, 4.69) is 238 Å². The predicted molar refractivity (Wildman–Crippen MR) is 274 cm³/mol. The standard InChI is InChI=1S/C60H48BN3/c1-37-31-39(3)57(40(4)32-37)63-52-29-15-13-27-50(52)61-51-28-14-16-30-53(51)64(58-41(5)33-38(2)34-42(58)6)55-36-45(35-54(63)56(55)61)62-59-46(43-19-9-7-10-20-43)23-17-25-48(59)49-26-18-24-47(60(49)62)44-21-11-8-12-22-44/h7-36H,1-6H3. The van der Waals surface area contributed by atoms with Gasteiger partial charge in [-0.15, -0.1) is 0 Å². The van der Waals surface area contributed by atoms with Crippen LogP contribution < -0.4 is 26.2 Å². The molecule has 0 aliphatic carbocycles. The maximum atomic E-state index is 2.60. The first-order valence-corrected chi connectivity index (χ1v) is 22.6. The number of aryl methyl sites for hydroxylation is 6. The second-order valence-corrected chi connectivity index (χ2v) is 18.1. The molecule has 0 fully saturated rings. The van der Waals surface area contributed by atoms with Crippen molar-refractivity contribution in [3.05, 3.63) is 215 Å². The van der Waals surface area contributed by atoms with Crippen molar-refractivity contribution in [1.29, 1.82) is 0 Å². The summed E-state index contributed by atoms with van der Waals surface area (Å²) in [7, 11) is 0. The van der Waals surface area contributed by atoms with Crippen LogP contribution in [0.5, 0.6) is 0 Å². The number of rotatable bonds is 5. The maximum absolute atomic E-state index is 2.60. The summed E-state index contributed by atoms with van der Waals surface area (Å²) in [6, 6.07) is 68.3. The largest absolute Gasteiger partial charge is 0.311 e. The molecule has 10 aromatic rings. The molecule has 1 aromatic heterocycles. The van der Waals surface area contributed by atoms with Crippen molar-refractivity contribution in [2.75, 3.05) is 9.80 Å². The minimum atomic E-state index is 0.0222. The quantitative estimate of drug-likeness (QED) is 0.160. The molecule has 2 aliphatic rings. The molecule has 12 rings (SSSR count). The second kappa shape index (κ2) is 14.5. The fraction of sp³-hybridized carbons (Fsp3) is 0.100. The van der Waals surface area contributed by atoms with E-state index < -0.39 is 0 Å². The molecule has 306 valence electrons. The van der Waals surface area contributed by atoms with Crippen molar-refractivity contribution in [3.8, 4) is 27.9 Å². The first kappa shape index (κ1) is 38.1. The lowest BCUT2D eigenvalue weighted by atomic mass is 9.33. The molecule has 4 heteroatoms. The molecular weight excluding hydrogens is 773 g/mol. The van der Waals surface area contributed by atoms with Crippen LogP contribution in [-0.4, -0.2) is 11.3 Å². The van der Waals surface area contributed by atoms with E-state index in [9.17, 15) is 0 Å². The molecule has 0 saturated carbocycles. The van der Waals surface area contributed by atoms with Gasteiger partial charge in [-0.1, -0.05) is 169 Å². The molecule has 0 radical (unpaired) electrons. The third-order valence-corrected chi connectivity index (χ3v) is 13.8. The van der Waals surface area contributed by atoms with E-state index in [0.29, 0.717) is 0 Å². The summed E-state index contributed by atoms with van der Waals surface area (Å²) in [4.78, 5) is 5.20. The van der Waals surface area contributed by atoms with Crippen molar-refractivity contribution >= 4 is 79.0 Å². The lowest BCUT2D eigenvalue weighted by molar-refractivity contribution is 1.14. The van der Waals surface area contributed by atoms with Gasteiger partial charge in [-0.25, -0.2) is 0 Å². The van der Waals surface area contributed by atoms with Crippen LogP contribution >= 0.6 is 0 Å². The molecule has 0 unspecified atom stereocenters. The minimum Gasteiger partial charge on any atom is -0.311 e. The Morgan fingerprint density at radius 1 is 0.359 bits per heavy atom. The van der Waals surface area contributed by atoms with E-state index in [1.165, 1.54) is 128 Å². The van der Waals surface area contributed by atoms with Gasteiger partial charge in [-0.3, -0.25) is 0 Å². The van der Waals surface area contributed by atoms with Crippen LogP contribution in [-0.2, 0) is 0 Å². The first-order valence-electron chi connectivity index (χ1n) is 22.6. The number of para-hydroxylation sites is 4. The van der Waals surface area contributed by atoms with Gasteiger partial charge in [0.1, 0.15) is 0 Å². The number of nitrogens with zero attached hydrogens (tertiary/aromatic N) is 3. The summed E-state index contributed by atoms with van der Waals surface area (Å²) in [6.07, 6.45) is 0. The molecule has 0 atom stereocenters. The van der Waals surface area contributed by atoms with Crippen LogP contribution in [0.1, 0.15) is 33.4 Å². The highest BCUT2D eigenvalue weighted by Gasteiger charge is 2.44. The number of benzene rings is 9. The lowest BCUT2D eigenvalue weighted by Crippen LogP contribution is -2.61. The van der Waals surface area contributed by atoms with Crippen molar-refractivity contribution in [2.24, 2.45) is 0 Å². The van der Waals surface area contributed by atoms with E-state index in [0.717, 1.165) is 5.69 Å². The SMILES string of the molecule is Cc1cc(C)c(N2c3ccccc3B3c4ccccc4N(c4c(C)cc(C)cc4C)c4cc(-n5c6c(-c7ccccc7)cccc6c6cccc(-c7ccccc7)c65)cc2c43)c(C)c1. The highest BCUT2D eigenvalue weighted by molar-refractivity contribution is 7.00. The molecule has 3 nitrogen and oxygen atoms in total. The van der Waals surface area contributed by atoms with Crippen molar-refractivity contribution in [1.82, 2.24) is 4.57 Å². The number of anilines is 6. The van der Waals surface area contributed by atoms with E-state index in [-0.39, 0.29) is 6.71 Å². The summed E-state index contributed by atoms with van der Waals surface area (Å²) >= 11 is 0. The molecule has 0 bridgehead atoms. The highest BCUT2D eigenvalue weighted by Crippen LogP contribution is 2.50. The first-order chi connectivity index (χ1) is 31.3. The van der Waals surface area contributed by atoms with E-state index >= 15 is 0 Å². The number of hydrogen-bond acceptors (Lipinski definition) is 2. The Morgan fingerprint density at radius 2 is 0.750 bits per heavy atom. The van der Waals surface area contributed by atoms with Gasteiger partial charge >= 0.3 is 0 Å². The van der Waals surface area contributed by atoms with Gasteiger partial charge in [0.25, 0.3) is 6.71 Å². The van der Waals surface area contributed by atoms with Crippen LogP contribution in [0.3, 0.4) is 0 Å². The maximum Gasteiger partial charge on any atom is 0.252 e. The fourth-order valence-corrected chi connectivity index (χ4v) is 11.6. The molecule has 0 spiro atoms. The highest BCUT2D eigenvalue weighted by atomic mass is 15.2. The summed E-state index contributed by atoms with van der Waals surface area (Å²) < 4.78 is 2.60. The van der Waals surface area contributed by atoms with Gasteiger partial charge in [-0.05, 0) is 116 Å². The molecule has 2 aliphatic heterocycles. The summed E-state index contributed by atoms with van der Waals surface area (Å²) in [5, 5.41) is 2.47. The average Bonchev–Trinajstić information content (AvgIpc) is 3.65. The molecule has 0 saturated heterocycles.